The molecule has 8 nitrogen and oxygen atoms in total. The van der Waals surface area contributed by atoms with Crippen LogP contribution >= 0.6 is 0 Å². The van der Waals surface area contributed by atoms with Gasteiger partial charge in [0.15, 0.2) is 0 Å². The quantitative estimate of drug-likeness (QED) is 0.562. The molecular formula is C27H30FN3O5. The second-order valence-corrected chi connectivity index (χ2v) is 10.4. The number of carbonyl (C=O) groups is 2. The number of fused-ring (bicyclic) bond motifs is 2. The predicted octanol–water partition coefficient (Wildman–Crippen LogP) is 4.39. The molecule has 0 aliphatic carbocycles. The molecule has 2 aliphatic rings. The van der Waals surface area contributed by atoms with E-state index in [1.54, 1.807) is 33.0 Å². The predicted molar refractivity (Wildman–Crippen MR) is 131 cm³/mol. The molecule has 36 heavy (non-hydrogen) atoms. The third-order valence-electron chi connectivity index (χ3n) is 6.80. The Labute approximate surface area is 208 Å². The zero-order valence-electron chi connectivity index (χ0n) is 20.5. The molecule has 0 radical (unpaired) electrons. The van der Waals surface area contributed by atoms with Gasteiger partial charge in [0.25, 0.3) is 0 Å². The Morgan fingerprint density at radius 1 is 1.06 bits per heavy atom. The van der Waals surface area contributed by atoms with E-state index in [2.05, 4.69) is 4.98 Å². The lowest BCUT2D eigenvalue weighted by Gasteiger charge is -2.30. The number of aromatic amines is 1. The zero-order valence-corrected chi connectivity index (χ0v) is 20.5. The van der Waals surface area contributed by atoms with Gasteiger partial charge in [-0.25, -0.2) is 14.0 Å². The van der Waals surface area contributed by atoms with Crippen molar-refractivity contribution in [1.29, 1.82) is 0 Å². The van der Waals surface area contributed by atoms with E-state index in [9.17, 15) is 19.1 Å². The van der Waals surface area contributed by atoms with Gasteiger partial charge in [-0.15, -0.1) is 0 Å². The first-order chi connectivity index (χ1) is 17.1. The highest BCUT2D eigenvalue weighted by Gasteiger charge is 2.57. The monoisotopic (exact) mass is 495 g/mol. The van der Waals surface area contributed by atoms with Crippen molar-refractivity contribution in [3.63, 3.8) is 0 Å². The van der Waals surface area contributed by atoms with Gasteiger partial charge < -0.3 is 19.6 Å². The average Bonchev–Trinajstić information content (AvgIpc) is 3.50. The van der Waals surface area contributed by atoms with E-state index >= 15 is 0 Å². The third-order valence-corrected chi connectivity index (χ3v) is 6.80. The Morgan fingerprint density at radius 3 is 2.50 bits per heavy atom. The molecule has 0 bridgehead atoms. The van der Waals surface area contributed by atoms with Crippen LogP contribution in [-0.4, -0.2) is 69.0 Å². The number of aromatic nitrogens is 1. The zero-order chi connectivity index (χ0) is 25.6. The van der Waals surface area contributed by atoms with Gasteiger partial charge >= 0.3 is 12.2 Å². The lowest BCUT2D eigenvalue weighted by Crippen LogP contribution is -2.46. The van der Waals surface area contributed by atoms with Crippen LogP contribution < -0.4 is 0 Å². The maximum absolute atomic E-state index is 13.8. The number of aliphatic hydroxyl groups is 1. The molecule has 3 heterocycles. The van der Waals surface area contributed by atoms with Gasteiger partial charge in [0.1, 0.15) is 18.0 Å². The van der Waals surface area contributed by atoms with Crippen LogP contribution in [0.15, 0.2) is 54.7 Å². The SMILES string of the molecule is CC(C)(C)OC(=O)N1C[C@@H](O)C2C1C(c1c[nH]c3cc(F)ccc13)CN2C(=O)OCc1ccccc1. The Hall–Kier alpha value is -3.59. The van der Waals surface area contributed by atoms with Crippen molar-refractivity contribution in [3.05, 3.63) is 71.7 Å². The van der Waals surface area contributed by atoms with Crippen LogP contribution in [0.1, 0.15) is 37.8 Å². The van der Waals surface area contributed by atoms with E-state index in [4.69, 9.17) is 9.47 Å². The van der Waals surface area contributed by atoms with Gasteiger partial charge in [-0.3, -0.25) is 9.80 Å². The summed E-state index contributed by atoms with van der Waals surface area (Å²) in [5.74, 6) is -0.707. The van der Waals surface area contributed by atoms with E-state index in [-0.39, 0.29) is 31.4 Å². The molecule has 3 unspecified atom stereocenters. The van der Waals surface area contributed by atoms with E-state index < -0.39 is 36.0 Å². The van der Waals surface area contributed by atoms with Gasteiger partial charge in [-0.05, 0) is 50.1 Å². The van der Waals surface area contributed by atoms with Gasteiger partial charge in [0.2, 0.25) is 0 Å². The summed E-state index contributed by atoms with van der Waals surface area (Å²) in [5, 5.41) is 11.8. The molecule has 4 atom stereocenters. The summed E-state index contributed by atoms with van der Waals surface area (Å²) in [5.41, 5.74) is 1.58. The van der Waals surface area contributed by atoms with Crippen LogP contribution in [0.5, 0.6) is 0 Å². The van der Waals surface area contributed by atoms with Crippen LogP contribution in [0.25, 0.3) is 10.9 Å². The lowest BCUT2D eigenvalue weighted by atomic mass is 9.91. The molecule has 190 valence electrons. The number of halogens is 1. The standard InChI is InChI=1S/C27H30FN3O5/c1-27(2,3)36-26(34)31-14-22(32)24-23(31)20(19-12-29-21-11-17(28)9-10-18(19)21)13-30(24)25(33)35-15-16-7-5-4-6-8-16/h4-12,20,22-24,29,32H,13-15H2,1-3H3/t20?,22-,23?,24?/m1/s1. The number of aliphatic hydroxyl groups excluding tert-OH is 1. The molecule has 1 aromatic heterocycles. The molecule has 9 heteroatoms. The lowest BCUT2D eigenvalue weighted by molar-refractivity contribution is 0.0197. The highest BCUT2D eigenvalue weighted by atomic mass is 19.1. The number of rotatable bonds is 3. The van der Waals surface area contributed by atoms with Crippen molar-refractivity contribution < 1.29 is 28.6 Å². The Bertz CT molecular complexity index is 1270. The van der Waals surface area contributed by atoms with Crippen molar-refractivity contribution in [1.82, 2.24) is 14.8 Å². The number of likely N-dealkylation sites (tertiary alicyclic amines) is 2. The number of β-amino-alcohol motifs (C(OH)–C–C–N with tert-alkyl or cyclic N) is 1. The van der Waals surface area contributed by atoms with Crippen LogP contribution in [-0.2, 0) is 16.1 Å². The van der Waals surface area contributed by atoms with Gasteiger partial charge in [0, 0.05) is 29.6 Å². The second kappa shape index (κ2) is 9.13. The maximum atomic E-state index is 13.8. The fraction of sp³-hybridized carbons (Fsp3) is 0.407. The number of H-pyrrole nitrogens is 1. The number of hydrogen-bond donors (Lipinski definition) is 2. The maximum Gasteiger partial charge on any atom is 0.410 e. The van der Waals surface area contributed by atoms with Crippen molar-refractivity contribution in [3.8, 4) is 0 Å². The summed E-state index contributed by atoms with van der Waals surface area (Å²) in [7, 11) is 0. The third kappa shape index (κ3) is 4.51. The van der Waals surface area contributed by atoms with Crippen LogP contribution in [0.2, 0.25) is 0 Å². The molecule has 3 aromatic rings. The molecule has 2 aromatic carbocycles. The van der Waals surface area contributed by atoms with Gasteiger partial charge in [-0.1, -0.05) is 30.3 Å². The summed E-state index contributed by atoms with van der Waals surface area (Å²) < 4.78 is 25.0. The average molecular weight is 496 g/mol. The topological polar surface area (TPSA) is 95.1 Å². The largest absolute Gasteiger partial charge is 0.445 e. The van der Waals surface area contributed by atoms with Crippen molar-refractivity contribution >= 4 is 23.1 Å². The number of amides is 2. The van der Waals surface area contributed by atoms with Crippen LogP contribution in [0.4, 0.5) is 14.0 Å². The summed E-state index contributed by atoms with van der Waals surface area (Å²) in [4.78, 5) is 32.5. The minimum absolute atomic E-state index is 0.0280. The van der Waals surface area contributed by atoms with Gasteiger partial charge in [-0.2, -0.15) is 0 Å². The van der Waals surface area contributed by atoms with Crippen molar-refractivity contribution in [2.75, 3.05) is 13.1 Å². The summed E-state index contributed by atoms with van der Waals surface area (Å²) in [6, 6.07) is 12.6. The number of nitrogens with one attached hydrogen (secondary N) is 1. The molecule has 2 N–H and O–H groups in total. The van der Waals surface area contributed by atoms with Crippen LogP contribution in [0.3, 0.4) is 0 Å². The van der Waals surface area contributed by atoms with E-state index in [1.807, 2.05) is 30.3 Å². The summed E-state index contributed by atoms with van der Waals surface area (Å²) >= 11 is 0. The minimum atomic E-state index is -0.973. The molecule has 0 saturated carbocycles. The number of hydrogen-bond acceptors (Lipinski definition) is 5. The smallest absolute Gasteiger partial charge is 0.410 e. The number of ether oxygens (including phenoxy) is 2. The molecule has 2 saturated heterocycles. The van der Waals surface area contributed by atoms with Crippen molar-refractivity contribution in [2.24, 2.45) is 0 Å². The molecule has 0 spiro atoms. The molecule has 5 rings (SSSR count). The van der Waals surface area contributed by atoms with Crippen LogP contribution in [0, 0.1) is 5.82 Å². The highest BCUT2D eigenvalue weighted by molar-refractivity contribution is 5.84. The Kier molecular flexibility index (Phi) is 6.12. The first-order valence-corrected chi connectivity index (χ1v) is 12.0. The fourth-order valence-corrected chi connectivity index (χ4v) is 5.36. The number of carbonyl (C=O) groups excluding carboxylic acids is 2. The number of benzene rings is 2. The van der Waals surface area contributed by atoms with E-state index in [1.165, 1.54) is 21.9 Å². The van der Waals surface area contributed by atoms with E-state index in [0.717, 1.165) is 16.5 Å². The summed E-state index contributed by atoms with van der Waals surface area (Å²) in [6.45, 7) is 5.69. The normalized spacial score (nSPS) is 23.7. The second-order valence-electron chi connectivity index (χ2n) is 10.4. The fourth-order valence-electron chi connectivity index (χ4n) is 5.36. The van der Waals surface area contributed by atoms with Crippen molar-refractivity contribution in [2.45, 2.75) is 57.1 Å². The molecule has 2 fully saturated rings. The molecule has 2 aliphatic heterocycles. The van der Waals surface area contributed by atoms with E-state index in [0.29, 0.717) is 5.52 Å². The summed E-state index contributed by atoms with van der Waals surface area (Å²) in [6.07, 6.45) is -0.306. The first-order valence-electron chi connectivity index (χ1n) is 12.0. The first kappa shape index (κ1) is 24.1. The molecule has 2 amide bonds. The molecular weight excluding hydrogens is 465 g/mol. The number of nitrogens with zero attached hydrogens (tertiary/aromatic N) is 2. The highest BCUT2D eigenvalue weighted by Crippen LogP contribution is 2.44. The Balaban J connectivity index is 1.48. The Morgan fingerprint density at radius 2 is 1.78 bits per heavy atom. The van der Waals surface area contributed by atoms with Gasteiger partial charge in [0.05, 0.1) is 24.7 Å². The minimum Gasteiger partial charge on any atom is -0.445 e.